The number of carbonyl (C=O) groups is 1. The molecule has 2 aliphatic heterocycles. The largest absolute Gasteiger partial charge is 0.325 e. The van der Waals surface area contributed by atoms with Crippen molar-refractivity contribution in [1.29, 1.82) is 0 Å². The van der Waals surface area contributed by atoms with Gasteiger partial charge in [-0.1, -0.05) is 18.6 Å². The molecule has 1 saturated heterocycles. The molecule has 2 N–H and O–H groups in total. The van der Waals surface area contributed by atoms with Gasteiger partial charge in [0, 0.05) is 12.2 Å². The van der Waals surface area contributed by atoms with Crippen molar-refractivity contribution in [3.8, 4) is 0 Å². The van der Waals surface area contributed by atoms with E-state index in [1.807, 2.05) is 12.1 Å². The van der Waals surface area contributed by atoms with Gasteiger partial charge in [-0.15, -0.1) is 11.8 Å². The van der Waals surface area contributed by atoms with Crippen LogP contribution in [0, 0.1) is 0 Å². The van der Waals surface area contributed by atoms with E-state index < -0.39 is 0 Å². The molecule has 1 aromatic carbocycles. The van der Waals surface area contributed by atoms with Gasteiger partial charge in [-0.25, -0.2) is 0 Å². The molecule has 3 nitrogen and oxygen atoms in total. The average molecular weight is 276 g/mol. The zero-order chi connectivity index (χ0) is 13.1. The lowest BCUT2D eigenvalue weighted by molar-refractivity contribution is -0.115. The Morgan fingerprint density at radius 2 is 2.32 bits per heavy atom. The van der Waals surface area contributed by atoms with Crippen LogP contribution in [0.1, 0.15) is 30.4 Å². The number of hydrogen-bond donors (Lipinski definition) is 2. The van der Waals surface area contributed by atoms with E-state index in [-0.39, 0.29) is 11.2 Å². The van der Waals surface area contributed by atoms with Gasteiger partial charge in [0.2, 0.25) is 5.91 Å². The Labute approximate surface area is 118 Å². The number of rotatable bonds is 2. The van der Waals surface area contributed by atoms with Crippen LogP contribution in [0.2, 0.25) is 0 Å². The predicted octanol–water partition coefficient (Wildman–Crippen LogP) is 2.56. The number of carbonyl (C=O) groups excluding carboxylic acids is 1. The maximum atomic E-state index is 12.3. The lowest BCUT2D eigenvalue weighted by Crippen LogP contribution is -2.29. The first kappa shape index (κ1) is 13.0. The van der Waals surface area contributed by atoms with E-state index in [0.717, 1.165) is 37.4 Å². The number of thioether (sulfide) groups is 1. The van der Waals surface area contributed by atoms with Crippen LogP contribution < -0.4 is 10.6 Å². The molecule has 102 valence electrons. The highest BCUT2D eigenvalue weighted by Crippen LogP contribution is 2.28. The number of benzene rings is 1. The summed E-state index contributed by atoms with van der Waals surface area (Å²) < 4.78 is 0. The fourth-order valence-electron chi connectivity index (χ4n) is 2.81. The standard InChI is InChI=1S/C15H20N2OS/c18-15(14-6-1-2-9-19-14)17-13-5-3-4-11-10-16-8-7-12(11)13/h3-5,14,16H,1-2,6-10H2,(H,17,18). The molecule has 0 spiro atoms. The molecule has 0 radical (unpaired) electrons. The molecule has 2 aliphatic rings. The molecule has 3 rings (SSSR count). The molecule has 19 heavy (non-hydrogen) atoms. The molecule has 1 amide bonds. The molecular weight excluding hydrogens is 256 g/mol. The molecule has 1 atom stereocenters. The summed E-state index contributed by atoms with van der Waals surface area (Å²) in [5.41, 5.74) is 3.66. The smallest absolute Gasteiger partial charge is 0.237 e. The fraction of sp³-hybridized carbons (Fsp3) is 0.533. The second-order valence-electron chi connectivity index (χ2n) is 5.21. The van der Waals surface area contributed by atoms with E-state index >= 15 is 0 Å². The second-order valence-corrected chi connectivity index (χ2v) is 6.53. The van der Waals surface area contributed by atoms with Gasteiger partial charge in [-0.05, 0) is 48.8 Å². The summed E-state index contributed by atoms with van der Waals surface area (Å²) in [5, 5.41) is 6.66. The van der Waals surface area contributed by atoms with Gasteiger partial charge < -0.3 is 10.6 Å². The molecule has 4 heteroatoms. The third kappa shape index (κ3) is 2.95. The summed E-state index contributed by atoms with van der Waals surface area (Å²) in [6, 6.07) is 6.22. The summed E-state index contributed by atoms with van der Waals surface area (Å²) >= 11 is 1.80. The second kappa shape index (κ2) is 5.97. The van der Waals surface area contributed by atoms with E-state index in [1.165, 1.54) is 24.0 Å². The Morgan fingerprint density at radius 3 is 3.16 bits per heavy atom. The van der Waals surface area contributed by atoms with E-state index in [1.54, 1.807) is 11.8 Å². The van der Waals surface area contributed by atoms with Crippen molar-refractivity contribution < 1.29 is 4.79 Å². The molecule has 0 saturated carbocycles. The Morgan fingerprint density at radius 1 is 1.37 bits per heavy atom. The fourth-order valence-corrected chi connectivity index (χ4v) is 4.01. The molecule has 0 bridgehead atoms. The number of fused-ring (bicyclic) bond motifs is 1. The Bertz CT molecular complexity index is 469. The summed E-state index contributed by atoms with van der Waals surface area (Å²) in [4.78, 5) is 12.3. The van der Waals surface area contributed by atoms with Crippen molar-refractivity contribution in [2.24, 2.45) is 0 Å². The van der Waals surface area contributed by atoms with Crippen LogP contribution in [0.15, 0.2) is 18.2 Å². The van der Waals surface area contributed by atoms with Gasteiger partial charge in [0.1, 0.15) is 0 Å². The van der Waals surface area contributed by atoms with E-state index in [2.05, 4.69) is 16.7 Å². The summed E-state index contributed by atoms with van der Waals surface area (Å²) in [6.45, 7) is 1.91. The molecule has 0 aromatic heterocycles. The van der Waals surface area contributed by atoms with Crippen molar-refractivity contribution >= 4 is 23.4 Å². The number of anilines is 1. The molecule has 0 aliphatic carbocycles. The minimum Gasteiger partial charge on any atom is -0.325 e. The van der Waals surface area contributed by atoms with Crippen molar-refractivity contribution in [2.45, 2.75) is 37.5 Å². The van der Waals surface area contributed by atoms with Crippen molar-refractivity contribution in [2.75, 3.05) is 17.6 Å². The van der Waals surface area contributed by atoms with Gasteiger partial charge >= 0.3 is 0 Å². The predicted molar refractivity (Wildman–Crippen MR) is 80.6 cm³/mol. The monoisotopic (exact) mass is 276 g/mol. The van der Waals surface area contributed by atoms with Crippen molar-refractivity contribution in [3.63, 3.8) is 0 Å². The summed E-state index contributed by atoms with van der Waals surface area (Å²) in [5.74, 6) is 1.31. The number of amides is 1. The maximum Gasteiger partial charge on any atom is 0.237 e. The Kier molecular flexibility index (Phi) is 4.09. The van der Waals surface area contributed by atoms with E-state index in [4.69, 9.17) is 0 Å². The lowest BCUT2D eigenvalue weighted by atomic mass is 9.99. The Hall–Kier alpha value is -1.00. The van der Waals surface area contributed by atoms with Crippen LogP contribution in [0.25, 0.3) is 0 Å². The zero-order valence-corrected chi connectivity index (χ0v) is 11.9. The Balaban J connectivity index is 1.74. The molecule has 1 fully saturated rings. The summed E-state index contributed by atoms with van der Waals surface area (Å²) in [6.07, 6.45) is 4.46. The van der Waals surface area contributed by atoms with Gasteiger partial charge in [0.05, 0.1) is 5.25 Å². The third-order valence-electron chi connectivity index (χ3n) is 3.87. The van der Waals surface area contributed by atoms with Crippen molar-refractivity contribution in [1.82, 2.24) is 5.32 Å². The SMILES string of the molecule is O=C(Nc1cccc2c1CCNC2)C1CCCCS1. The maximum absolute atomic E-state index is 12.3. The quantitative estimate of drug-likeness (QED) is 0.872. The average Bonchev–Trinajstić information content (AvgIpc) is 2.48. The van der Waals surface area contributed by atoms with Crippen LogP contribution in [-0.2, 0) is 17.8 Å². The van der Waals surface area contributed by atoms with E-state index in [0.29, 0.717) is 0 Å². The van der Waals surface area contributed by atoms with Gasteiger partial charge in [0.25, 0.3) is 0 Å². The minimum atomic E-state index is 0.145. The minimum absolute atomic E-state index is 0.145. The topological polar surface area (TPSA) is 41.1 Å². The highest BCUT2D eigenvalue weighted by atomic mass is 32.2. The van der Waals surface area contributed by atoms with Crippen LogP contribution >= 0.6 is 11.8 Å². The van der Waals surface area contributed by atoms with Crippen LogP contribution in [0.3, 0.4) is 0 Å². The first-order valence-corrected chi connectivity index (χ1v) is 8.13. The third-order valence-corrected chi connectivity index (χ3v) is 5.25. The summed E-state index contributed by atoms with van der Waals surface area (Å²) in [7, 11) is 0. The normalized spacial score (nSPS) is 22.6. The van der Waals surface area contributed by atoms with Gasteiger partial charge in [0.15, 0.2) is 0 Å². The van der Waals surface area contributed by atoms with Crippen molar-refractivity contribution in [3.05, 3.63) is 29.3 Å². The first-order chi connectivity index (χ1) is 9.34. The molecule has 2 heterocycles. The van der Waals surface area contributed by atoms with Gasteiger partial charge in [-0.2, -0.15) is 0 Å². The zero-order valence-electron chi connectivity index (χ0n) is 11.1. The van der Waals surface area contributed by atoms with Crippen LogP contribution in [-0.4, -0.2) is 23.5 Å². The number of nitrogens with one attached hydrogen (secondary N) is 2. The molecule has 1 aromatic rings. The van der Waals surface area contributed by atoms with E-state index in [9.17, 15) is 4.79 Å². The number of hydrogen-bond acceptors (Lipinski definition) is 3. The first-order valence-electron chi connectivity index (χ1n) is 7.08. The highest BCUT2D eigenvalue weighted by Gasteiger charge is 2.23. The molecule has 1 unspecified atom stereocenters. The lowest BCUT2D eigenvalue weighted by Gasteiger charge is -2.24. The van der Waals surface area contributed by atoms with Crippen LogP contribution in [0.5, 0.6) is 0 Å². The molecular formula is C15H20N2OS. The van der Waals surface area contributed by atoms with Gasteiger partial charge in [-0.3, -0.25) is 4.79 Å². The highest BCUT2D eigenvalue weighted by molar-refractivity contribution is 8.00. The van der Waals surface area contributed by atoms with Crippen LogP contribution in [0.4, 0.5) is 5.69 Å².